The van der Waals surface area contributed by atoms with Gasteiger partial charge in [0, 0.05) is 11.6 Å². The van der Waals surface area contributed by atoms with Crippen molar-refractivity contribution >= 4 is 5.71 Å². The van der Waals surface area contributed by atoms with E-state index in [1.807, 2.05) is 0 Å². The maximum Gasteiger partial charge on any atom is 0.0609 e. The summed E-state index contributed by atoms with van der Waals surface area (Å²) in [5.41, 5.74) is 7.31. The average Bonchev–Trinajstić information content (AvgIpc) is 2.74. The number of allylic oxidation sites excluding steroid dienone is 8. The predicted octanol–water partition coefficient (Wildman–Crippen LogP) is 7.07. The van der Waals surface area contributed by atoms with Gasteiger partial charge in [0.2, 0.25) is 0 Å². The molecule has 2 heteroatoms. The van der Waals surface area contributed by atoms with Crippen molar-refractivity contribution in [2.24, 2.45) is 16.8 Å². The summed E-state index contributed by atoms with van der Waals surface area (Å²) in [6.45, 7) is 11.4. The fourth-order valence-electron chi connectivity index (χ4n) is 4.96. The Hall–Kier alpha value is -1.67. The van der Waals surface area contributed by atoms with Gasteiger partial charge in [-0.1, -0.05) is 61.4 Å². The van der Waals surface area contributed by atoms with E-state index in [0.717, 1.165) is 38.6 Å². The van der Waals surface area contributed by atoms with Gasteiger partial charge in [-0.05, 0) is 96.0 Å². The second-order valence-corrected chi connectivity index (χ2v) is 9.59. The Bertz CT molecular complexity index is 774. The molecule has 0 radical (unpaired) electrons. The highest BCUT2D eigenvalue weighted by molar-refractivity contribution is 6.03. The van der Waals surface area contributed by atoms with Crippen LogP contribution in [-0.2, 0) is 0 Å². The molecule has 2 aliphatic carbocycles. The number of hydrogen-bond donors (Lipinski definition) is 0. The fraction of sp³-hybridized carbons (Fsp3) is 0.607. The Morgan fingerprint density at radius 2 is 1.97 bits per heavy atom. The van der Waals surface area contributed by atoms with Crippen molar-refractivity contribution in [3.05, 3.63) is 58.7 Å². The number of aliphatic imine (C=N–C) groups is 1. The van der Waals surface area contributed by atoms with E-state index in [-0.39, 0.29) is 0 Å². The number of rotatable bonds is 6. The highest BCUT2D eigenvalue weighted by atomic mass is 15.1. The van der Waals surface area contributed by atoms with Gasteiger partial charge < -0.3 is 4.90 Å². The molecule has 164 valence electrons. The third kappa shape index (κ3) is 6.17. The first kappa shape index (κ1) is 23.0. The molecule has 0 amide bonds. The van der Waals surface area contributed by atoms with E-state index in [2.05, 4.69) is 76.1 Å². The van der Waals surface area contributed by atoms with Crippen LogP contribution in [0.4, 0.5) is 0 Å². The average molecular weight is 407 g/mol. The van der Waals surface area contributed by atoms with Crippen LogP contribution in [0, 0.1) is 11.8 Å². The van der Waals surface area contributed by atoms with E-state index in [0.29, 0.717) is 17.9 Å². The smallest absolute Gasteiger partial charge is 0.0609 e. The maximum atomic E-state index is 5.22. The molecule has 30 heavy (non-hydrogen) atoms. The molecule has 0 fully saturated rings. The van der Waals surface area contributed by atoms with Gasteiger partial charge in [-0.15, -0.1) is 0 Å². The summed E-state index contributed by atoms with van der Waals surface area (Å²) in [5.74, 6) is 1.17. The van der Waals surface area contributed by atoms with Gasteiger partial charge in [-0.25, -0.2) is 0 Å². The summed E-state index contributed by atoms with van der Waals surface area (Å²) in [6, 6.07) is 0.391. The second kappa shape index (κ2) is 11.1. The van der Waals surface area contributed by atoms with Crippen LogP contribution in [0.5, 0.6) is 0 Å². The second-order valence-electron chi connectivity index (χ2n) is 9.59. The SMILES string of the molecule is CCN(C)CCCC1=CCC(C2CC3=CCC(C)C=CCCC(C)=C3C(C)=N2)C=C1. The molecular weight excluding hydrogens is 364 g/mol. The molecule has 0 saturated heterocycles. The van der Waals surface area contributed by atoms with Crippen LogP contribution >= 0.6 is 0 Å². The van der Waals surface area contributed by atoms with E-state index in [4.69, 9.17) is 4.99 Å². The van der Waals surface area contributed by atoms with Gasteiger partial charge >= 0.3 is 0 Å². The van der Waals surface area contributed by atoms with Gasteiger partial charge in [-0.2, -0.15) is 0 Å². The lowest BCUT2D eigenvalue weighted by molar-refractivity contribution is 0.347. The molecule has 0 saturated carbocycles. The highest BCUT2D eigenvalue weighted by Gasteiger charge is 2.28. The Morgan fingerprint density at radius 3 is 2.70 bits per heavy atom. The summed E-state index contributed by atoms with van der Waals surface area (Å²) in [5, 5.41) is 0. The molecule has 1 aliphatic heterocycles. The van der Waals surface area contributed by atoms with Crippen molar-refractivity contribution in [1.29, 1.82) is 0 Å². The quantitative estimate of drug-likeness (QED) is 0.431. The van der Waals surface area contributed by atoms with Crippen molar-refractivity contribution in [2.45, 2.75) is 78.7 Å². The third-order valence-corrected chi connectivity index (χ3v) is 7.03. The van der Waals surface area contributed by atoms with Crippen molar-refractivity contribution in [1.82, 2.24) is 4.90 Å². The highest BCUT2D eigenvalue weighted by Crippen LogP contribution is 2.36. The zero-order chi connectivity index (χ0) is 21.5. The number of hydrogen-bond acceptors (Lipinski definition) is 2. The summed E-state index contributed by atoms with van der Waals surface area (Å²) in [6.07, 6.45) is 22.7. The molecule has 3 unspecified atom stereocenters. The Kier molecular flexibility index (Phi) is 8.50. The van der Waals surface area contributed by atoms with Crippen LogP contribution in [0.25, 0.3) is 0 Å². The Labute approximate surface area is 185 Å². The van der Waals surface area contributed by atoms with Crippen LogP contribution in [-0.4, -0.2) is 36.8 Å². The van der Waals surface area contributed by atoms with Crippen molar-refractivity contribution < 1.29 is 0 Å². The molecule has 0 bridgehead atoms. The lowest BCUT2D eigenvalue weighted by Gasteiger charge is -2.31. The number of fused-ring (bicyclic) bond motifs is 1. The van der Waals surface area contributed by atoms with E-state index in [1.54, 1.807) is 5.57 Å². The zero-order valence-corrected chi connectivity index (χ0v) is 20.0. The van der Waals surface area contributed by atoms with E-state index in [1.165, 1.54) is 41.8 Å². The predicted molar refractivity (Wildman–Crippen MR) is 132 cm³/mol. The molecule has 0 aromatic carbocycles. The van der Waals surface area contributed by atoms with Crippen LogP contribution in [0.2, 0.25) is 0 Å². The zero-order valence-electron chi connectivity index (χ0n) is 20.0. The molecular formula is C28H42N2. The van der Waals surface area contributed by atoms with Gasteiger partial charge in [0.05, 0.1) is 6.04 Å². The van der Waals surface area contributed by atoms with E-state index < -0.39 is 0 Å². The Balaban J connectivity index is 1.68. The molecule has 0 aromatic rings. The first-order chi connectivity index (χ1) is 14.5. The Morgan fingerprint density at radius 1 is 1.13 bits per heavy atom. The van der Waals surface area contributed by atoms with Crippen molar-refractivity contribution in [3.8, 4) is 0 Å². The molecule has 0 N–H and O–H groups in total. The molecule has 3 aliphatic rings. The van der Waals surface area contributed by atoms with Crippen LogP contribution in [0.1, 0.15) is 72.6 Å². The molecule has 3 rings (SSSR count). The van der Waals surface area contributed by atoms with E-state index >= 15 is 0 Å². The van der Waals surface area contributed by atoms with E-state index in [9.17, 15) is 0 Å². The molecule has 0 aromatic heterocycles. The largest absolute Gasteiger partial charge is 0.307 e. The standard InChI is InChI=1S/C28H42N2/c1-6-30(5)19-9-12-24-14-17-25(18-15-24)27-20-26-16-13-21(2)10-7-8-11-22(3)28(26)23(4)29-27/h7,10,14-17,21,25,27H,6,8-9,11-13,18-20H2,1-5H3. The first-order valence-electron chi connectivity index (χ1n) is 12.1. The monoisotopic (exact) mass is 406 g/mol. The number of nitrogens with zero attached hydrogens (tertiary/aromatic N) is 2. The third-order valence-electron chi connectivity index (χ3n) is 7.03. The lowest BCUT2D eigenvalue weighted by Crippen LogP contribution is -2.26. The summed E-state index contributed by atoms with van der Waals surface area (Å²) < 4.78 is 0. The fourth-order valence-corrected chi connectivity index (χ4v) is 4.96. The van der Waals surface area contributed by atoms with Crippen LogP contribution in [0.15, 0.2) is 63.7 Å². The molecule has 2 nitrogen and oxygen atoms in total. The van der Waals surface area contributed by atoms with Crippen molar-refractivity contribution in [2.75, 3.05) is 20.1 Å². The molecule has 1 heterocycles. The van der Waals surface area contributed by atoms with Gasteiger partial charge in [0.15, 0.2) is 0 Å². The van der Waals surface area contributed by atoms with Gasteiger partial charge in [0.25, 0.3) is 0 Å². The first-order valence-corrected chi connectivity index (χ1v) is 12.1. The topological polar surface area (TPSA) is 15.6 Å². The maximum absolute atomic E-state index is 5.22. The molecule has 0 spiro atoms. The summed E-state index contributed by atoms with van der Waals surface area (Å²) >= 11 is 0. The molecule has 3 atom stereocenters. The lowest BCUT2D eigenvalue weighted by atomic mass is 9.80. The van der Waals surface area contributed by atoms with Crippen molar-refractivity contribution in [3.63, 3.8) is 0 Å². The summed E-state index contributed by atoms with van der Waals surface area (Å²) in [7, 11) is 2.21. The normalized spacial score (nSPS) is 27.5. The summed E-state index contributed by atoms with van der Waals surface area (Å²) in [4.78, 5) is 7.62. The minimum Gasteiger partial charge on any atom is -0.307 e. The van der Waals surface area contributed by atoms with Gasteiger partial charge in [-0.3, -0.25) is 4.99 Å². The minimum absolute atomic E-state index is 0.391. The minimum atomic E-state index is 0.391. The van der Waals surface area contributed by atoms with Gasteiger partial charge in [0.1, 0.15) is 0 Å². The van der Waals surface area contributed by atoms with Crippen LogP contribution in [0.3, 0.4) is 0 Å². The van der Waals surface area contributed by atoms with Crippen LogP contribution < -0.4 is 0 Å².